The highest BCUT2D eigenvalue weighted by Gasteiger charge is 2.17. The molecule has 1 atom stereocenters. The van der Waals surface area contributed by atoms with Gasteiger partial charge in [0.05, 0.1) is 6.61 Å². The molecule has 0 rings (SSSR count). The number of carbonyl (C=O) groups excluding carboxylic acids is 2. The zero-order valence-electron chi connectivity index (χ0n) is 43.1. The number of unbranched alkanes of at least 4 members (excludes halogenated alkanes) is 33. The van der Waals surface area contributed by atoms with E-state index in [1.807, 2.05) is 0 Å². The number of rotatable bonds is 52. The number of ether oxygens (including phenoxy) is 3. The standard InChI is InChI=1S/C59H108O5/c1-4-7-10-13-16-19-22-25-27-28-29-30-31-33-36-39-42-45-48-51-54-62-55-57(64-59(61)53-50-47-44-41-38-34-24-21-18-15-12-9-6-3)56-63-58(60)52-49-46-43-40-37-35-32-26-23-20-17-14-11-8-5-2/h17,20-21,24-27,32,57H,4-16,18-19,22-23,28-31,33-56H2,1-3H3/b20-17-,24-21-,27-25-,32-26-. The van der Waals surface area contributed by atoms with Crippen LogP contribution in [-0.2, 0) is 23.8 Å². The third-order valence-corrected chi connectivity index (χ3v) is 12.3. The highest BCUT2D eigenvalue weighted by atomic mass is 16.6. The first-order valence-electron chi connectivity index (χ1n) is 28.2. The van der Waals surface area contributed by atoms with Crippen LogP contribution in [0.3, 0.4) is 0 Å². The molecule has 0 aromatic heterocycles. The van der Waals surface area contributed by atoms with E-state index in [9.17, 15) is 9.59 Å². The third-order valence-electron chi connectivity index (χ3n) is 12.3. The zero-order chi connectivity index (χ0) is 46.3. The first-order valence-corrected chi connectivity index (χ1v) is 28.2. The molecule has 0 aliphatic carbocycles. The number of hydrogen-bond acceptors (Lipinski definition) is 5. The van der Waals surface area contributed by atoms with Gasteiger partial charge < -0.3 is 14.2 Å². The van der Waals surface area contributed by atoms with Crippen molar-refractivity contribution in [1.82, 2.24) is 0 Å². The van der Waals surface area contributed by atoms with Gasteiger partial charge in [0.15, 0.2) is 6.10 Å². The van der Waals surface area contributed by atoms with Crippen LogP contribution in [0.15, 0.2) is 48.6 Å². The van der Waals surface area contributed by atoms with Gasteiger partial charge in [-0.25, -0.2) is 0 Å². The molecule has 5 nitrogen and oxygen atoms in total. The minimum atomic E-state index is -0.545. The SMILES string of the molecule is CCCCC/C=C\C/C=C\CCCCCCCC(=O)OCC(COCCCCCCCCCCCC/C=C\CCCCCCCC)OC(=O)CCCCCCC/C=C\CCCCCC. The second-order valence-electron chi connectivity index (χ2n) is 18.8. The van der Waals surface area contributed by atoms with Crippen LogP contribution in [0.25, 0.3) is 0 Å². The summed E-state index contributed by atoms with van der Waals surface area (Å²) in [4.78, 5) is 25.4. The van der Waals surface area contributed by atoms with Crippen molar-refractivity contribution in [3.8, 4) is 0 Å². The predicted octanol–water partition coefficient (Wildman–Crippen LogP) is 19.1. The molecule has 0 aliphatic heterocycles. The number of allylic oxidation sites excluding steroid dienone is 8. The fourth-order valence-electron chi connectivity index (χ4n) is 8.06. The molecular formula is C59H108O5. The summed E-state index contributed by atoms with van der Waals surface area (Å²) >= 11 is 0. The van der Waals surface area contributed by atoms with Crippen molar-refractivity contribution in [3.63, 3.8) is 0 Å². The van der Waals surface area contributed by atoms with Gasteiger partial charge in [-0.05, 0) is 103 Å². The van der Waals surface area contributed by atoms with Crippen molar-refractivity contribution in [2.45, 2.75) is 297 Å². The molecule has 0 heterocycles. The Morgan fingerprint density at radius 1 is 0.344 bits per heavy atom. The zero-order valence-corrected chi connectivity index (χ0v) is 43.1. The summed E-state index contributed by atoms with van der Waals surface area (Å²) < 4.78 is 17.4. The maximum atomic E-state index is 12.8. The van der Waals surface area contributed by atoms with Gasteiger partial charge in [0.25, 0.3) is 0 Å². The fourth-order valence-corrected chi connectivity index (χ4v) is 8.06. The van der Waals surface area contributed by atoms with Gasteiger partial charge in [0.1, 0.15) is 6.61 Å². The van der Waals surface area contributed by atoms with Crippen molar-refractivity contribution in [3.05, 3.63) is 48.6 Å². The average Bonchev–Trinajstić information content (AvgIpc) is 3.30. The predicted molar refractivity (Wildman–Crippen MR) is 279 cm³/mol. The summed E-state index contributed by atoms with van der Waals surface area (Å²) in [5.41, 5.74) is 0. The molecule has 5 heteroatoms. The van der Waals surface area contributed by atoms with E-state index in [2.05, 4.69) is 69.4 Å². The Hall–Kier alpha value is -2.14. The van der Waals surface area contributed by atoms with Crippen molar-refractivity contribution in [1.29, 1.82) is 0 Å². The topological polar surface area (TPSA) is 61.8 Å². The number of esters is 2. The monoisotopic (exact) mass is 897 g/mol. The average molecular weight is 898 g/mol. The number of hydrogen-bond donors (Lipinski definition) is 0. The normalized spacial score (nSPS) is 12.5. The van der Waals surface area contributed by atoms with E-state index in [0.29, 0.717) is 19.4 Å². The third kappa shape index (κ3) is 52.5. The van der Waals surface area contributed by atoms with E-state index >= 15 is 0 Å². The summed E-state index contributed by atoms with van der Waals surface area (Å²) in [6.45, 7) is 7.80. The van der Waals surface area contributed by atoms with Crippen molar-refractivity contribution >= 4 is 11.9 Å². The lowest BCUT2D eigenvalue weighted by Crippen LogP contribution is -2.30. The van der Waals surface area contributed by atoms with Gasteiger partial charge in [0, 0.05) is 19.4 Å². The molecule has 0 saturated heterocycles. The van der Waals surface area contributed by atoms with Crippen LogP contribution in [0.2, 0.25) is 0 Å². The minimum Gasteiger partial charge on any atom is -0.462 e. The smallest absolute Gasteiger partial charge is 0.306 e. The van der Waals surface area contributed by atoms with Crippen LogP contribution in [0, 0.1) is 0 Å². The van der Waals surface area contributed by atoms with E-state index in [0.717, 1.165) is 70.6 Å². The first kappa shape index (κ1) is 61.9. The largest absolute Gasteiger partial charge is 0.462 e. The molecule has 0 amide bonds. The Labute approximate surface area is 399 Å². The van der Waals surface area contributed by atoms with Crippen LogP contribution < -0.4 is 0 Å². The molecule has 0 N–H and O–H groups in total. The quantitative estimate of drug-likeness (QED) is 0.0346. The summed E-state index contributed by atoms with van der Waals surface area (Å²) in [5, 5.41) is 0. The van der Waals surface area contributed by atoms with E-state index in [1.54, 1.807) is 0 Å². The molecule has 1 unspecified atom stereocenters. The van der Waals surface area contributed by atoms with Crippen LogP contribution in [0.4, 0.5) is 0 Å². The maximum Gasteiger partial charge on any atom is 0.306 e. The molecule has 0 spiro atoms. The lowest BCUT2D eigenvalue weighted by atomic mass is 10.1. The van der Waals surface area contributed by atoms with Gasteiger partial charge in [-0.15, -0.1) is 0 Å². The van der Waals surface area contributed by atoms with Gasteiger partial charge in [-0.1, -0.05) is 223 Å². The van der Waals surface area contributed by atoms with Gasteiger partial charge in [0.2, 0.25) is 0 Å². The van der Waals surface area contributed by atoms with E-state index in [4.69, 9.17) is 14.2 Å². The molecule has 374 valence electrons. The van der Waals surface area contributed by atoms with E-state index in [1.165, 1.54) is 186 Å². The van der Waals surface area contributed by atoms with Crippen LogP contribution in [0.1, 0.15) is 290 Å². The van der Waals surface area contributed by atoms with Crippen molar-refractivity contribution in [2.24, 2.45) is 0 Å². The maximum absolute atomic E-state index is 12.8. The Kier molecular flexibility index (Phi) is 53.3. The highest BCUT2D eigenvalue weighted by Crippen LogP contribution is 2.15. The summed E-state index contributed by atoms with van der Waals surface area (Å²) in [6, 6.07) is 0. The van der Waals surface area contributed by atoms with Crippen LogP contribution in [-0.4, -0.2) is 37.9 Å². The van der Waals surface area contributed by atoms with E-state index < -0.39 is 6.10 Å². The van der Waals surface area contributed by atoms with Gasteiger partial charge >= 0.3 is 11.9 Å². The second kappa shape index (κ2) is 55.2. The minimum absolute atomic E-state index is 0.0763. The van der Waals surface area contributed by atoms with Gasteiger partial charge in [-0.2, -0.15) is 0 Å². The Balaban J connectivity index is 4.24. The second-order valence-corrected chi connectivity index (χ2v) is 18.8. The molecule has 0 saturated carbocycles. The summed E-state index contributed by atoms with van der Waals surface area (Å²) in [7, 11) is 0. The molecule has 0 bridgehead atoms. The summed E-state index contributed by atoms with van der Waals surface area (Å²) in [6.07, 6.45) is 68.4. The Bertz CT molecular complexity index is 1060. The summed E-state index contributed by atoms with van der Waals surface area (Å²) in [5.74, 6) is -0.413. The Morgan fingerprint density at radius 2 is 0.656 bits per heavy atom. The molecule has 0 aromatic carbocycles. The molecule has 64 heavy (non-hydrogen) atoms. The van der Waals surface area contributed by atoms with Crippen LogP contribution >= 0.6 is 0 Å². The van der Waals surface area contributed by atoms with E-state index in [-0.39, 0.29) is 25.2 Å². The first-order chi connectivity index (χ1) is 31.6. The molecule has 0 fully saturated rings. The van der Waals surface area contributed by atoms with Crippen molar-refractivity contribution < 1.29 is 23.8 Å². The molecular weight excluding hydrogens is 789 g/mol. The van der Waals surface area contributed by atoms with Gasteiger partial charge in [-0.3, -0.25) is 9.59 Å². The molecule has 0 aromatic rings. The fraction of sp³-hybridized carbons (Fsp3) is 0.831. The molecule has 0 radical (unpaired) electrons. The lowest BCUT2D eigenvalue weighted by molar-refractivity contribution is -0.163. The number of carbonyl (C=O) groups is 2. The van der Waals surface area contributed by atoms with Crippen molar-refractivity contribution in [2.75, 3.05) is 19.8 Å². The molecule has 0 aliphatic rings. The lowest BCUT2D eigenvalue weighted by Gasteiger charge is -2.18. The van der Waals surface area contributed by atoms with Crippen LogP contribution in [0.5, 0.6) is 0 Å². The Morgan fingerprint density at radius 3 is 1.09 bits per heavy atom. The highest BCUT2D eigenvalue weighted by molar-refractivity contribution is 5.70.